The Morgan fingerprint density at radius 1 is 0.900 bits per heavy atom. The molecule has 0 bridgehead atoms. The Morgan fingerprint density at radius 3 is 2.17 bits per heavy atom. The van der Waals surface area contributed by atoms with Crippen molar-refractivity contribution in [3.63, 3.8) is 0 Å². The maximum absolute atomic E-state index is 4.90. The van der Waals surface area contributed by atoms with Crippen molar-refractivity contribution in [2.75, 3.05) is 0 Å². The van der Waals surface area contributed by atoms with Crippen LogP contribution >= 0.6 is 0 Å². The average Bonchev–Trinajstić information content (AvgIpc) is 3.25. The first-order valence-corrected chi connectivity index (χ1v) is 16.8. The summed E-state index contributed by atoms with van der Waals surface area (Å²) in [5, 5.41) is 0. The summed E-state index contributed by atoms with van der Waals surface area (Å²) in [5.41, 5.74) is 9.34. The molecule has 0 spiro atoms. The summed E-state index contributed by atoms with van der Waals surface area (Å²) in [4.78, 5) is 0. The molecule has 0 saturated carbocycles. The Labute approximate surface area is 202 Å². The maximum atomic E-state index is 4.90. The molecule has 30 heavy (non-hydrogen) atoms. The van der Waals surface area contributed by atoms with Crippen LogP contribution in [0.2, 0.25) is 0 Å². The fraction of sp³-hybridized carbons (Fsp3) is 0.370. The third-order valence-electron chi connectivity index (χ3n) is 6.26. The van der Waals surface area contributed by atoms with E-state index in [1.54, 1.807) is 14.5 Å². The summed E-state index contributed by atoms with van der Waals surface area (Å²) >= 11 is -2.27. The van der Waals surface area contributed by atoms with Crippen molar-refractivity contribution in [1.29, 1.82) is 0 Å². The van der Waals surface area contributed by atoms with Gasteiger partial charge >= 0.3 is 179 Å². The molecule has 2 aliphatic carbocycles. The van der Waals surface area contributed by atoms with Gasteiger partial charge in [-0.05, 0) is 0 Å². The van der Waals surface area contributed by atoms with Gasteiger partial charge in [0.2, 0.25) is 0 Å². The number of hydrogen-bond donors (Lipinski definition) is 0. The largest absolute Gasteiger partial charge is 1.00 e. The molecule has 1 atom stereocenters. The second-order valence-electron chi connectivity index (χ2n) is 10.4. The van der Waals surface area contributed by atoms with Crippen LogP contribution < -0.4 is 24.8 Å². The van der Waals surface area contributed by atoms with Gasteiger partial charge in [-0.2, -0.15) is 0 Å². The summed E-state index contributed by atoms with van der Waals surface area (Å²) in [6.07, 6.45) is 8.04. The molecule has 2 aliphatic rings. The third-order valence-corrected chi connectivity index (χ3v) is 15.2. The molecule has 0 amide bonds. The molecular weight excluding hydrogens is 574 g/mol. The SMILES string of the molecule is [CH2]=[Hf+2]([C]1=CC=CC1)[CH]1c2ccc(C(C)(C)C)cc2-c2cccc(C(C)(C)C)c21.[Cl-].[Cl-]. The van der Waals surface area contributed by atoms with Gasteiger partial charge < -0.3 is 24.8 Å². The molecule has 0 heterocycles. The van der Waals surface area contributed by atoms with Crippen LogP contribution in [0, 0.1) is 0 Å². The molecule has 0 saturated heterocycles. The summed E-state index contributed by atoms with van der Waals surface area (Å²) in [5.74, 6) is 0. The Kier molecular flexibility index (Phi) is 7.65. The first kappa shape index (κ1) is 25.5. The van der Waals surface area contributed by atoms with Crippen LogP contribution in [0.1, 0.15) is 73.9 Å². The Hall–Kier alpha value is -0.760. The van der Waals surface area contributed by atoms with Crippen molar-refractivity contribution < 1.29 is 45.8 Å². The molecule has 158 valence electrons. The zero-order valence-corrected chi connectivity index (χ0v) is 24.0. The molecule has 0 N–H and O–H groups in total. The van der Waals surface area contributed by atoms with Crippen LogP contribution in [0.4, 0.5) is 0 Å². The van der Waals surface area contributed by atoms with E-state index < -0.39 is 21.0 Å². The van der Waals surface area contributed by atoms with Gasteiger partial charge in [-0.15, -0.1) is 0 Å². The van der Waals surface area contributed by atoms with E-state index in [4.69, 9.17) is 4.26 Å². The summed E-state index contributed by atoms with van der Waals surface area (Å²) < 4.78 is 7.11. The van der Waals surface area contributed by atoms with Crippen molar-refractivity contribution in [3.05, 3.63) is 80.2 Å². The van der Waals surface area contributed by atoms with Gasteiger partial charge in [-0.3, -0.25) is 0 Å². The van der Waals surface area contributed by atoms with Gasteiger partial charge in [0.1, 0.15) is 0 Å². The predicted octanol–water partition coefficient (Wildman–Crippen LogP) is 1.25. The van der Waals surface area contributed by atoms with Crippen LogP contribution in [-0.2, 0) is 31.8 Å². The van der Waals surface area contributed by atoms with Gasteiger partial charge in [0.25, 0.3) is 0 Å². The minimum absolute atomic E-state index is 0. The standard InChI is InChI=1S/C21H25.C5H5.CH2.2ClH.Hf/c1-20(2,3)15-11-10-14-12-18-16(17(14)13-15)8-7-9-19(18)21(4,5)6;1-2-4-5-3-1;;;;/h7-13H,1-6H3;1-3H,4H2;1H2;2*1H;/q;;;;;+2/p-2. The smallest absolute Gasteiger partial charge is 1.00 e. The van der Waals surface area contributed by atoms with Crippen molar-refractivity contribution in [2.45, 2.75) is 62.5 Å². The van der Waals surface area contributed by atoms with Gasteiger partial charge in [0, 0.05) is 0 Å². The minimum atomic E-state index is -2.27. The average molecular weight is 606 g/mol. The third kappa shape index (κ3) is 4.41. The van der Waals surface area contributed by atoms with E-state index in [0.29, 0.717) is 3.67 Å². The molecule has 4 rings (SSSR count). The first-order chi connectivity index (χ1) is 13.1. The van der Waals surface area contributed by atoms with Crippen LogP contribution in [0.3, 0.4) is 0 Å². The van der Waals surface area contributed by atoms with Crippen molar-refractivity contribution in [1.82, 2.24) is 0 Å². The van der Waals surface area contributed by atoms with Crippen molar-refractivity contribution in [2.24, 2.45) is 0 Å². The molecular formula is C27H32Cl2Hf. The molecule has 0 nitrogen and oxygen atoms in total. The van der Waals surface area contributed by atoms with Gasteiger partial charge in [-0.1, -0.05) is 0 Å². The number of hydrogen-bond acceptors (Lipinski definition) is 0. The topological polar surface area (TPSA) is 0 Å². The van der Waals surface area contributed by atoms with Crippen LogP contribution in [0.15, 0.2) is 58.0 Å². The summed E-state index contributed by atoms with van der Waals surface area (Å²) in [7, 11) is 0. The normalized spacial score (nSPS) is 16.6. The van der Waals surface area contributed by atoms with Gasteiger partial charge in [-0.25, -0.2) is 0 Å². The number of benzene rings is 2. The molecule has 0 fully saturated rings. The van der Waals surface area contributed by atoms with E-state index >= 15 is 0 Å². The first-order valence-electron chi connectivity index (χ1n) is 10.4. The van der Waals surface area contributed by atoms with Crippen LogP contribution in [0.25, 0.3) is 11.1 Å². The minimum Gasteiger partial charge on any atom is -1.00 e. The molecule has 2 aromatic rings. The van der Waals surface area contributed by atoms with Crippen LogP contribution in [-0.4, -0.2) is 4.26 Å². The van der Waals surface area contributed by atoms with E-state index in [9.17, 15) is 0 Å². The molecule has 0 aliphatic heterocycles. The predicted molar refractivity (Wildman–Crippen MR) is 120 cm³/mol. The second-order valence-corrected chi connectivity index (χ2v) is 18.5. The van der Waals surface area contributed by atoms with E-state index in [0.717, 1.165) is 6.42 Å². The fourth-order valence-electron chi connectivity index (χ4n) is 4.66. The number of allylic oxidation sites excluding steroid dienone is 4. The quantitative estimate of drug-likeness (QED) is 0.453. The zero-order chi connectivity index (χ0) is 20.3. The summed E-state index contributed by atoms with van der Waals surface area (Å²) in [6, 6.07) is 14.3. The number of fused-ring (bicyclic) bond motifs is 3. The van der Waals surface area contributed by atoms with E-state index in [1.807, 2.05) is 0 Å². The number of halogens is 2. The Balaban J connectivity index is 0.00000160. The van der Waals surface area contributed by atoms with Crippen molar-refractivity contribution >= 4 is 4.26 Å². The zero-order valence-electron chi connectivity index (χ0n) is 18.9. The second kappa shape index (κ2) is 9.00. The van der Waals surface area contributed by atoms with E-state index in [2.05, 4.69) is 96.2 Å². The molecule has 1 unspecified atom stereocenters. The molecule has 0 aromatic heterocycles. The Morgan fingerprint density at radius 2 is 1.60 bits per heavy atom. The fourth-order valence-corrected chi connectivity index (χ4v) is 13.1. The molecule has 0 radical (unpaired) electrons. The Bertz CT molecular complexity index is 1030. The van der Waals surface area contributed by atoms with Gasteiger partial charge in [0.05, 0.1) is 0 Å². The maximum Gasteiger partial charge on any atom is -1.00 e. The van der Waals surface area contributed by atoms with E-state index in [1.165, 1.54) is 22.3 Å². The monoisotopic (exact) mass is 606 g/mol. The van der Waals surface area contributed by atoms with Gasteiger partial charge in [0.15, 0.2) is 0 Å². The van der Waals surface area contributed by atoms with Crippen LogP contribution in [0.5, 0.6) is 0 Å². The molecule has 2 aromatic carbocycles. The summed E-state index contributed by atoms with van der Waals surface area (Å²) in [6.45, 7) is 14.0. The van der Waals surface area contributed by atoms with E-state index in [-0.39, 0.29) is 35.6 Å². The number of rotatable bonds is 2. The molecule has 3 heteroatoms. The van der Waals surface area contributed by atoms with Crippen molar-refractivity contribution in [3.8, 4) is 11.1 Å².